The maximum atomic E-state index is 12.7. The van der Waals surface area contributed by atoms with E-state index < -0.39 is 10.0 Å². The first-order chi connectivity index (χ1) is 11.3. The SMILES string of the molecule is C[C@@H](CN)NC(=O)C1CCN(S(=O)(=O)c2cc(Cl)ccc2Cl)CC1. The molecular weight excluding hydrogens is 373 g/mol. The molecule has 6 nitrogen and oxygen atoms in total. The molecule has 1 amide bonds. The number of hydrogen-bond acceptors (Lipinski definition) is 4. The van der Waals surface area contributed by atoms with E-state index in [0.29, 0.717) is 24.4 Å². The van der Waals surface area contributed by atoms with Gasteiger partial charge in [-0.2, -0.15) is 4.31 Å². The van der Waals surface area contributed by atoms with Crippen molar-refractivity contribution in [2.45, 2.75) is 30.7 Å². The van der Waals surface area contributed by atoms with Gasteiger partial charge in [-0.1, -0.05) is 23.2 Å². The molecule has 3 N–H and O–H groups in total. The molecule has 0 radical (unpaired) electrons. The molecule has 0 aromatic heterocycles. The predicted octanol–water partition coefficient (Wildman–Crippen LogP) is 1.86. The molecule has 1 aromatic carbocycles. The summed E-state index contributed by atoms with van der Waals surface area (Å²) in [6, 6.07) is 4.26. The van der Waals surface area contributed by atoms with Crippen LogP contribution in [0.5, 0.6) is 0 Å². The van der Waals surface area contributed by atoms with Gasteiger partial charge in [-0.25, -0.2) is 8.42 Å². The predicted molar refractivity (Wildman–Crippen MR) is 94.6 cm³/mol. The minimum absolute atomic E-state index is 0.00341. The van der Waals surface area contributed by atoms with E-state index in [9.17, 15) is 13.2 Å². The molecule has 1 saturated heterocycles. The van der Waals surface area contributed by atoms with Crippen molar-refractivity contribution in [3.8, 4) is 0 Å². The smallest absolute Gasteiger partial charge is 0.244 e. The zero-order valence-electron chi connectivity index (χ0n) is 13.3. The van der Waals surface area contributed by atoms with Gasteiger partial charge < -0.3 is 11.1 Å². The van der Waals surface area contributed by atoms with Crippen molar-refractivity contribution >= 4 is 39.1 Å². The fourth-order valence-corrected chi connectivity index (χ4v) is 4.80. The second kappa shape index (κ2) is 8.01. The molecule has 1 atom stereocenters. The van der Waals surface area contributed by atoms with Crippen molar-refractivity contribution in [3.05, 3.63) is 28.2 Å². The first kappa shape index (κ1) is 19.5. The molecule has 1 aliphatic rings. The number of nitrogens with zero attached hydrogens (tertiary/aromatic N) is 1. The Kier molecular flexibility index (Phi) is 6.50. The van der Waals surface area contributed by atoms with Gasteiger partial charge in [-0.05, 0) is 38.0 Å². The molecule has 0 unspecified atom stereocenters. The normalized spacial score (nSPS) is 18.3. The summed E-state index contributed by atoms with van der Waals surface area (Å²) in [5.74, 6) is -0.286. The van der Waals surface area contributed by atoms with Crippen LogP contribution in [0.1, 0.15) is 19.8 Å². The molecule has 0 bridgehead atoms. The molecule has 9 heteroatoms. The van der Waals surface area contributed by atoms with E-state index in [4.69, 9.17) is 28.9 Å². The third-order valence-electron chi connectivity index (χ3n) is 4.08. The number of benzene rings is 1. The van der Waals surface area contributed by atoms with Gasteiger partial charge in [0, 0.05) is 36.6 Å². The summed E-state index contributed by atoms with van der Waals surface area (Å²) in [6.45, 7) is 2.73. The van der Waals surface area contributed by atoms with Crippen LogP contribution in [-0.2, 0) is 14.8 Å². The average Bonchev–Trinajstić information content (AvgIpc) is 2.56. The first-order valence-corrected chi connectivity index (χ1v) is 9.91. The highest BCUT2D eigenvalue weighted by Crippen LogP contribution is 2.30. The number of rotatable bonds is 5. The van der Waals surface area contributed by atoms with Crippen molar-refractivity contribution in [3.63, 3.8) is 0 Å². The molecule has 1 heterocycles. The highest BCUT2D eigenvalue weighted by Gasteiger charge is 2.33. The summed E-state index contributed by atoms with van der Waals surface area (Å²) in [7, 11) is -3.73. The number of carbonyl (C=O) groups excluding carboxylic acids is 1. The van der Waals surface area contributed by atoms with Gasteiger partial charge in [0.25, 0.3) is 0 Å². The van der Waals surface area contributed by atoms with Crippen molar-refractivity contribution < 1.29 is 13.2 Å². The maximum absolute atomic E-state index is 12.7. The van der Waals surface area contributed by atoms with Crippen molar-refractivity contribution in [1.82, 2.24) is 9.62 Å². The third kappa shape index (κ3) is 4.40. The van der Waals surface area contributed by atoms with Gasteiger partial charge in [-0.15, -0.1) is 0 Å². The summed E-state index contributed by atoms with van der Waals surface area (Å²) in [4.78, 5) is 12.1. The van der Waals surface area contributed by atoms with E-state index in [1.807, 2.05) is 6.92 Å². The van der Waals surface area contributed by atoms with Gasteiger partial charge in [0.1, 0.15) is 4.90 Å². The summed E-state index contributed by atoms with van der Waals surface area (Å²) in [5.41, 5.74) is 5.49. The van der Waals surface area contributed by atoms with E-state index >= 15 is 0 Å². The lowest BCUT2D eigenvalue weighted by Crippen LogP contribution is -2.46. The number of sulfonamides is 1. The topological polar surface area (TPSA) is 92.5 Å². The molecule has 24 heavy (non-hydrogen) atoms. The van der Waals surface area contributed by atoms with Crippen LogP contribution in [-0.4, -0.2) is 44.3 Å². The highest BCUT2D eigenvalue weighted by atomic mass is 35.5. The zero-order valence-corrected chi connectivity index (χ0v) is 15.7. The highest BCUT2D eigenvalue weighted by molar-refractivity contribution is 7.89. The molecule has 1 aromatic rings. The summed E-state index contributed by atoms with van der Waals surface area (Å²) in [6.07, 6.45) is 0.918. The zero-order chi connectivity index (χ0) is 17.9. The third-order valence-corrected chi connectivity index (χ3v) is 6.69. The van der Waals surface area contributed by atoms with Gasteiger partial charge >= 0.3 is 0 Å². The molecular formula is C15H21Cl2N3O3S. The Balaban J connectivity index is 2.06. The van der Waals surface area contributed by atoms with Gasteiger partial charge in [0.2, 0.25) is 15.9 Å². The van der Waals surface area contributed by atoms with E-state index in [0.717, 1.165) is 0 Å². The van der Waals surface area contributed by atoms with Crippen molar-refractivity contribution in [2.75, 3.05) is 19.6 Å². The molecule has 1 aliphatic heterocycles. The number of hydrogen-bond donors (Lipinski definition) is 2. The minimum Gasteiger partial charge on any atom is -0.352 e. The number of nitrogens with two attached hydrogens (primary N) is 1. The lowest BCUT2D eigenvalue weighted by Gasteiger charge is -2.31. The molecule has 0 spiro atoms. The van der Waals surface area contributed by atoms with E-state index in [1.54, 1.807) is 0 Å². The van der Waals surface area contributed by atoms with E-state index in [1.165, 1.54) is 22.5 Å². The largest absolute Gasteiger partial charge is 0.352 e. The number of amides is 1. The quantitative estimate of drug-likeness (QED) is 0.797. The number of carbonyl (C=O) groups is 1. The Morgan fingerprint density at radius 2 is 2.00 bits per heavy atom. The molecule has 1 fully saturated rings. The monoisotopic (exact) mass is 393 g/mol. The van der Waals surface area contributed by atoms with Crippen LogP contribution >= 0.6 is 23.2 Å². The Bertz CT molecular complexity index is 704. The van der Waals surface area contributed by atoms with Crippen LogP contribution in [0.25, 0.3) is 0 Å². The average molecular weight is 394 g/mol. The summed E-state index contributed by atoms with van der Waals surface area (Å²) >= 11 is 11.9. The lowest BCUT2D eigenvalue weighted by atomic mass is 9.97. The van der Waals surface area contributed by atoms with Gasteiger partial charge in [0.15, 0.2) is 0 Å². The van der Waals surface area contributed by atoms with Crippen LogP contribution < -0.4 is 11.1 Å². The second-order valence-electron chi connectivity index (χ2n) is 5.90. The number of nitrogens with one attached hydrogen (secondary N) is 1. The summed E-state index contributed by atoms with van der Waals surface area (Å²) in [5, 5.41) is 3.27. The van der Waals surface area contributed by atoms with Gasteiger partial charge in [-0.3, -0.25) is 4.79 Å². The van der Waals surface area contributed by atoms with Crippen LogP contribution in [0, 0.1) is 5.92 Å². The molecule has 0 saturated carbocycles. The molecule has 2 rings (SSSR count). The van der Waals surface area contributed by atoms with Crippen molar-refractivity contribution in [2.24, 2.45) is 11.7 Å². The number of piperidine rings is 1. The van der Waals surface area contributed by atoms with Crippen LogP contribution in [0.4, 0.5) is 0 Å². The second-order valence-corrected chi connectivity index (χ2v) is 8.65. The fourth-order valence-electron chi connectivity index (χ4n) is 2.59. The maximum Gasteiger partial charge on any atom is 0.244 e. The molecule has 134 valence electrons. The fraction of sp³-hybridized carbons (Fsp3) is 0.533. The van der Waals surface area contributed by atoms with E-state index in [2.05, 4.69) is 5.32 Å². The first-order valence-electron chi connectivity index (χ1n) is 7.71. The Morgan fingerprint density at radius 1 is 1.38 bits per heavy atom. The summed E-state index contributed by atoms with van der Waals surface area (Å²) < 4.78 is 26.8. The molecule has 0 aliphatic carbocycles. The van der Waals surface area contributed by atoms with E-state index in [-0.39, 0.29) is 40.9 Å². The van der Waals surface area contributed by atoms with Gasteiger partial charge in [0.05, 0.1) is 5.02 Å². The Hall–Kier alpha value is -0.860. The van der Waals surface area contributed by atoms with Crippen LogP contribution in [0.2, 0.25) is 10.0 Å². The van der Waals surface area contributed by atoms with Crippen LogP contribution in [0.3, 0.4) is 0 Å². The lowest BCUT2D eigenvalue weighted by molar-refractivity contribution is -0.126. The standard InChI is InChI=1S/C15H21Cl2N3O3S/c1-10(9-18)19-15(21)11-4-6-20(7-5-11)24(22,23)14-8-12(16)2-3-13(14)17/h2-3,8,10-11H,4-7,9,18H2,1H3,(H,19,21)/t10-/m0/s1. The minimum atomic E-state index is -3.73. The van der Waals surface area contributed by atoms with Crippen LogP contribution in [0.15, 0.2) is 23.1 Å². The Morgan fingerprint density at radius 3 is 2.58 bits per heavy atom. The van der Waals surface area contributed by atoms with Crippen molar-refractivity contribution in [1.29, 1.82) is 0 Å². The number of halogens is 2. The Labute approximate surface area is 152 Å².